The zero-order valence-corrected chi connectivity index (χ0v) is 19.5. The lowest BCUT2D eigenvalue weighted by Gasteiger charge is -2.20. The normalized spacial score (nSPS) is 12.3. The average Bonchev–Trinajstić information content (AvgIpc) is 3.06. The Morgan fingerprint density at radius 2 is 1.70 bits per heavy atom. The van der Waals surface area contributed by atoms with Crippen LogP contribution in [0.4, 0.5) is 0 Å². The van der Waals surface area contributed by atoms with Crippen LogP contribution in [0, 0.1) is 13.8 Å². The lowest BCUT2D eigenvalue weighted by molar-refractivity contribution is -0.633. The fraction of sp³-hybridized carbons (Fsp3) is 0.231. The lowest BCUT2D eigenvalue weighted by atomic mass is 10.00. The molecule has 2 aromatic carbocycles. The second-order valence-electron chi connectivity index (χ2n) is 9.37. The Kier molecular flexibility index (Phi) is 4.12. The van der Waals surface area contributed by atoms with Gasteiger partial charge in [-0.1, -0.05) is 43.4 Å². The van der Waals surface area contributed by atoms with Gasteiger partial charge in [-0.3, -0.25) is 0 Å². The molecule has 3 aromatic heterocycles. The van der Waals surface area contributed by atoms with E-state index < -0.39 is 8.07 Å². The number of fused-ring (bicyclic) bond motifs is 4. The quantitative estimate of drug-likeness (QED) is 0.272. The van der Waals surface area contributed by atoms with Crippen molar-refractivity contribution in [3.05, 3.63) is 65.9 Å². The van der Waals surface area contributed by atoms with Crippen LogP contribution in [-0.4, -0.2) is 13.1 Å². The first-order chi connectivity index (χ1) is 14.3. The van der Waals surface area contributed by atoms with Crippen LogP contribution in [0.3, 0.4) is 0 Å². The van der Waals surface area contributed by atoms with E-state index in [0.717, 1.165) is 21.9 Å². The molecule has 0 fully saturated rings. The standard InChI is InChI=1S/C26H27N2OSi/c1-16-9-12-21-20(14-16)23(30(4,5)6)15-22(28(21)3)24-17(2)10-11-18-19-8-7-13-27-26(19)29-25(18)24/h7-15H,1-6H3/q+1. The minimum Gasteiger partial charge on any atom is -0.437 e. The fourth-order valence-electron chi connectivity index (χ4n) is 4.55. The first-order valence-corrected chi connectivity index (χ1v) is 14.0. The molecule has 4 heteroatoms. The molecule has 0 N–H and O–H groups in total. The van der Waals surface area contributed by atoms with Crippen molar-refractivity contribution in [2.75, 3.05) is 0 Å². The van der Waals surface area contributed by atoms with Crippen LogP contribution in [0.25, 0.3) is 44.2 Å². The average molecular weight is 412 g/mol. The molecular formula is C26H27N2OSi+. The van der Waals surface area contributed by atoms with Gasteiger partial charge in [0.2, 0.25) is 16.9 Å². The maximum absolute atomic E-state index is 6.32. The highest BCUT2D eigenvalue weighted by Gasteiger charge is 2.28. The topological polar surface area (TPSA) is 29.9 Å². The van der Waals surface area contributed by atoms with Gasteiger partial charge in [0, 0.05) is 34.5 Å². The van der Waals surface area contributed by atoms with Crippen LogP contribution >= 0.6 is 0 Å². The van der Waals surface area contributed by atoms with Crippen molar-refractivity contribution in [3.8, 4) is 11.3 Å². The summed E-state index contributed by atoms with van der Waals surface area (Å²) in [7, 11) is 0.586. The number of hydrogen-bond acceptors (Lipinski definition) is 2. The van der Waals surface area contributed by atoms with Crippen LogP contribution in [0.1, 0.15) is 11.1 Å². The molecule has 0 amide bonds. The van der Waals surface area contributed by atoms with E-state index in [0.29, 0.717) is 5.71 Å². The SMILES string of the molecule is Cc1ccc2c(c1)c([Si](C)(C)C)cc(-c1c(C)ccc3c1oc1ncccc13)[n+]2C. The van der Waals surface area contributed by atoms with Gasteiger partial charge in [0.25, 0.3) is 0 Å². The maximum Gasteiger partial charge on any atom is 0.227 e. The molecule has 0 atom stereocenters. The number of rotatable bonds is 2. The number of aryl methyl sites for hydroxylation is 3. The molecule has 150 valence electrons. The third kappa shape index (κ3) is 2.78. The molecule has 0 unspecified atom stereocenters. The molecule has 0 saturated heterocycles. The minimum atomic E-state index is -1.58. The van der Waals surface area contributed by atoms with Crippen molar-refractivity contribution < 1.29 is 8.98 Å². The van der Waals surface area contributed by atoms with Crippen molar-refractivity contribution in [2.45, 2.75) is 33.5 Å². The first kappa shape index (κ1) is 19.0. The minimum absolute atomic E-state index is 0.698. The monoisotopic (exact) mass is 411 g/mol. The lowest BCUT2D eigenvalue weighted by Crippen LogP contribution is -2.43. The largest absolute Gasteiger partial charge is 0.437 e. The molecule has 5 aromatic rings. The van der Waals surface area contributed by atoms with Crippen LogP contribution in [0.5, 0.6) is 0 Å². The third-order valence-electron chi connectivity index (χ3n) is 6.14. The van der Waals surface area contributed by atoms with Gasteiger partial charge in [0.1, 0.15) is 7.05 Å². The molecule has 3 heterocycles. The number of pyridine rings is 2. The van der Waals surface area contributed by atoms with E-state index >= 15 is 0 Å². The summed E-state index contributed by atoms with van der Waals surface area (Å²) in [5.74, 6) is 0. The Hall–Kier alpha value is -2.98. The molecule has 5 rings (SSSR count). The second-order valence-corrected chi connectivity index (χ2v) is 14.4. The molecular weight excluding hydrogens is 384 g/mol. The Bertz CT molecular complexity index is 1460. The van der Waals surface area contributed by atoms with Gasteiger partial charge in [0.05, 0.1) is 13.6 Å². The van der Waals surface area contributed by atoms with Crippen LogP contribution < -0.4 is 9.75 Å². The Labute approximate surface area is 178 Å². The van der Waals surface area contributed by atoms with E-state index in [9.17, 15) is 0 Å². The Morgan fingerprint density at radius 3 is 2.47 bits per heavy atom. The van der Waals surface area contributed by atoms with Crippen molar-refractivity contribution in [1.82, 2.24) is 4.98 Å². The molecule has 0 aliphatic carbocycles. The molecule has 0 radical (unpaired) electrons. The summed E-state index contributed by atoms with van der Waals surface area (Å²) in [5, 5.41) is 5.05. The zero-order valence-electron chi connectivity index (χ0n) is 18.5. The van der Waals surface area contributed by atoms with E-state index in [4.69, 9.17) is 4.42 Å². The van der Waals surface area contributed by atoms with E-state index in [1.165, 1.54) is 32.9 Å². The summed E-state index contributed by atoms with van der Waals surface area (Å²) in [4.78, 5) is 4.46. The van der Waals surface area contributed by atoms with Gasteiger partial charge in [-0.15, -0.1) is 0 Å². The smallest absolute Gasteiger partial charge is 0.227 e. The molecule has 0 spiro atoms. The second kappa shape index (κ2) is 6.51. The number of nitrogens with zero attached hydrogens (tertiary/aromatic N) is 2. The van der Waals surface area contributed by atoms with Gasteiger partial charge in [-0.2, -0.15) is 4.57 Å². The fourth-order valence-corrected chi connectivity index (χ4v) is 6.13. The van der Waals surface area contributed by atoms with Gasteiger partial charge < -0.3 is 4.42 Å². The number of aromatic nitrogens is 2. The Morgan fingerprint density at radius 1 is 0.900 bits per heavy atom. The summed E-state index contributed by atoms with van der Waals surface area (Å²) >= 11 is 0. The first-order valence-electron chi connectivity index (χ1n) is 10.5. The molecule has 3 nitrogen and oxygen atoms in total. The van der Waals surface area contributed by atoms with Crippen molar-refractivity contribution in [3.63, 3.8) is 0 Å². The Balaban J connectivity index is 1.95. The van der Waals surface area contributed by atoms with E-state index in [1.54, 1.807) is 6.20 Å². The summed E-state index contributed by atoms with van der Waals surface area (Å²) < 4.78 is 8.64. The van der Waals surface area contributed by atoms with E-state index in [1.807, 2.05) is 6.07 Å². The summed E-state index contributed by atoms with van der Waals surface area (Å²) in [5.41, 5.74) is 7.76. The maximum atomic E-state index is 6.32. The van der Waals surface area contributed by atoms with Crippen LogP contribution in [0.2, 0.25) is 19.6 Å². The highest BCUT2D eigenvalue weighted by molar-refractivity contribution is 6.90. The summed E-state index contributed by atoms with van der Waals surface area (Å²) in [6, 6.07) is 17.6. The van der Waals surface area contributed by atoms with Crippen LogP contribution in [-0.2, 0) is 7.05 Å². The van der Waals surface area contributed by atoms with Gasteiger partial charge in [0.15, 0.2) is 5.58 Å². The summed E-state index contributed by atoms with van der Waals surface area (Å²) in [6.07, 6.45) is 1.79. The molecule has 30 heavy (non-hydrogen) atoms. The highest BCUT2D eigenvalue weighted by atomic mass is 28.3. The number of hydrogen-bond donors (Lipinski definition) is 0. The zero-order chi connectivity index (χ0) is 21.2. The predicted molar refractivity (Wildman–Crippen MR) is 128 cm³/mol. The van der Waals surface area contributed by atoms with E-state index in [2.05, 4.69) is 92.6 Å². The predicted octanol–water partition coefficient (Wildman–Crippen LogP) is 5.79. The van der Waals surface area contributed by atoms with Gasteiger partial charge >= 0.3 is 0 Å². The molecule has 0 aliphatic rings. The van der Waals surface area contributed by atoms with Crippen molar-refractivity contribution in [1.29, 1.82) is 0 Å². The highest BCUT2D eigenvalue weighted by Crippen LogP contribution is 2.36. The third-order valence-corrected chi connectivity index (χ3v) is 8.17. The van der Waals surface area contributed by atoms with E-state index in [-0.39, 0.29) is 0 Å². The number of furan rings is 1. The number of benzene rings is 2. The van der Waals surface area contributed by atoms with Gasteiger partial charge in [-0.05, 0) is 42.8 Å². The summed E-state index contributed by atoms with van der Waals surface area (Å²) in [6.45, 7) is 11.6. The van der Waals surface area contributed by atoms with Crippen molar-refractivity contribution in [2.24, 2.45) is 7.05 Å². The molecule has 0 bridgehead atoms. The van der Waals surface area contributed by atoms with Crippen LogP contribution in [0.15, 0.2) is 59.1 Å². The molecule has 0 aliphatic heterocycles. The van der Waals surface area contributed by atoms with Gasteiger partial charge in [-0.25, -0.2) is 4.98 Å². The molecule has 0 saturated carbocycles. The van der Waals surface area contributed by atoms with Crippen molar-refractivity contribution >= 4 is 46.2 Å².